The number of aromatic nitrogens is 2. The molecule has 4 saturated heterocycles. The van der Waals surface area contributed by atoms with Crippen molar-refractivity contribution < 1.29 is 18.6 Å². The molecule has 0 N–H and O–H groups in total. The highest BCUT2D eigenvalue weighted by molar-refractivity contribution is 7.13. The average molecular weight is 447 g/mol. The van der Waals surface area contributed by atoms with Crippen LogP contribution in [0.2, 0.25) is 0 Å². The fourth-order valence-corrected chi connectivity index (χ4v) is 5.91. The topological polar surface area (TPSA) is 60.0 Å². The fourth-order valence-electron chi connectivity index (χ4n) is 5.35. The second-order valence-electron chi connectivity index (χ2n) is 9.20. The number of rotatable bonds is 5. The highest BCUT2D eigenvalue weighted by atomic mass is 32.1. The summed E-state index contributed by atoms with van der Waals surface area (Å²) >= 11 is 1.58. The van der Waals surface area contributed by atoms with Crippen LogP contribution in [0.5, 0.6) is 5.75 Å². The van der Waals surface area contributed by atoms with Gasteiger partial charge in [-0.25, -0.2) is 4.39 Å². The molecule has 1 unspecified atom stereocenters. The average Bonchev–Trinajstić information content (AvgIpc) is 3.41. The van der Waals surface area contributed by atoms with Crippen molar-refractivity contribution in [3.05, 3.63) is 35.1 Å². The predicted molar refractivity (Wildman–Crippen MR) is 114 cm³/mol. The summed E-state index contributed by atoms with van der Waals surface area (Å²) < 4.78 is 31.6. The SMILES string of the molecule is Fc1ccc(OC2COC2)c(C2CCN(C3COC4(C3)CN(c3nncs3)C4)CC2)c1. The van der Waals surface area contributed by atoms with Gasteiger partial charge in [-0.15, -0.1) is 10.2 Å². The normalized spacial score (nSPS) is 26.7. The molecule has 2 aromatic rings. The number of ether oxygens (including phenoxy) is 3. The lowest BCUT2D eigenvalue weighted by atomic mass is 9.86. The molecule has 6 rings (SSSR count). The molecule has 1 atom stereocenters. The minimum absolute atomic E-state index is 0.0262. The Hall–Kier alpha value is -1.81. The molecule has 1 spiro atoms. The van der Waals surface area contributed by atoms with Gasteiger partial charge in [0.1, 0.15) is 28.8 Å². The van der Waals surface area contributed by atoms with E-state index in [4.69, 9.17) is 14.2 Å². The van der Waals surface area contributed by atoms with Crippen molar-refractivity contribution in [3.63, 3.8) is 0 Å². The molecule has 4 aliphatic heterocycles. The molecule has 9 heteroatoms. The molecule has 0 radical (unpaired) electrons. The van der Waals surface area contributed by atoms with Crippen LogP contribution >= 0.6 is 11.3 Å². The van der Waals surface area contributed by atoms with Gasteiger partial charge in [-0.2, -0.15) is 0 Å². The Kier molecular flexibility index (Phi) is 5.09. The molecule has 0 bridgehead atoms. The van der Waals surface area contributed by atoms with E-state index < -0.39 is 0 Å². The third-order valence-corrected chi connectivity index (χ3v) is 7.88. The molecule has 166 valence electrons. The molecule has 1 aromatic carbocycles. The number of piperidine rings is 1. The van der Waals surface area contributed by atoms with Crippen LogP contribution in [0.25, 0.3) is 0 Å². The van der Waals surface area contributed by atoms with Gasteiger partial charge in [-0.3, -0.25) is 4.90 Å². The monoisotopic (exact) mass is 446 g/mol. The van der Waals surface area contributed by atoms with Gasteiger partial charge in [0.2, 0.25) is 5.13 Å². The van der Waals surface area contributed by atoms with Crippen LogP contribution in [0, 0.1) is 5.82 Å². The van der Waals surface area contributed by atoms with Gasteiger partial charge in [0.15, 0.2) is 0 Å². The molecule has 1 aromatic heterocycles. The second-order valence-corrected chi connectivity index (χ2v) is 10.0. The van der Waals surface area contributed by atoms with Crippen molar-refractivity contribution in [1.82, 2.24) is 15.1 Å². The summed E-state index contributed by atoms with van der Waals surface area (Å²) in [4.78, 5) is 4.82. The zero-order valence-corrected chi connectivity index (χ0v) is 18.2. The van der Waals surface area contributed by atoms with Crippen molar-refractivity contribution in [2.24, 2.45) is 0 Å². The third kappa shape index (κ3) is 3.82. The summed E-state index contributed by atoms with van der Waals surface area (Å²) in [7, 11) is 0. The van der Waals surface area contributed by atoms with Gasteiger partial charge in [-0.1, -0.05) is 11.3 Å². The Labute approximate surface area is 185 Å². The standard InChI is InChI=1S/C22H27FN4O3S/c23-16-1-2-20(30-18-10-28-11-18)19(7-16)15-3-5-26(6-4-15)17-8-22(29-9-17)12-27(13-22)21-25-24-14-31-21/h1-2,7,14-15,17-18H,3-6,8-13H2. The first kappa shape index (κ1) is 19.8. The van der Waals surface area contributed by atoms with E-state index in [1.165, 1.54) is 6.07 Å². The minimum Gasteiger partial charge on any atom is -0.485 e. The highest BCUT2D eigenvalue weighted by Crippen LogP contribution is 2.42. The fraction of sp³-hybridized carbons (Fsp3) is 0.636. The van der Waals surface area contributed by atoms with Crippen molar-refractivity contribution in [1.29, 1.82) is 0 Å². The quantitative estimate of drug-likeness (QED) is 0.700. The van der Waals surface area contributed by atoms with Gasteiger partial charge in [0.25, 0.3) is 0 Å². The molecule has 7 nitrogen and oxygen atoms in total. The van der Waals surface area contributed by atoms with E-state index in [-0.39, 0.29) is 17.5 Å². The Bertz CT molecular complexity index is 911. The zero-order chi connectivity index (χ0) is 20.8. The van der Waals surface area contributed by atoms with Crippen LogP contribution in [-0.4, -0.2) is 78.8 Å². The first-order valence-electron chi connectivity index (χ1n) is 11.1. The molecular formula is C22H27FN4O3S. The van der Waals surface area contributed by atoms with E-state index in [9.17, 15) is 4.39 Å². The van der Waals surface area contributed by atoms with Crippen molar-refractivity contribution in [2.75, 3.05) is 50.9 Å². The van der Waals surface area contributed by atoms with Crippen molar-refractivity contribution in [2.45, 2.75) is 42.9 Å². The lowest BCUT2D eigenvalue weighted by molar-refractivity contribution is -0.0801. The summed E-state index contributed by atoms with van der Waals surface area (Å²) in [5.74, 6) is 0.962. The van der Waals surface area contributed by atoms with Crippen LogP contribution in [0.4, 0.5) is 9.52 Å². The number of halogens is 1. The van der Waals surface area contributed by atoms with E-state index in [0.29, 0.717) is 25.2 Å². The van der Waals surface area contributed by atoms with Gasteiger partial charge in [0.05, 0.1) is 32.9 Å². The van der Waals surface area contributed by atoms with E-state index in [0.717, 1.165) is 68.5 Å². The highest BCUT2D eigenvalue weighted by Gasteiger charge is 2.51. The Balaban J connectivity index is 1.05. The molecule has 0 aliphatic carbocycles. The molecule has 31 heavy (non-hydrogen) atoms. The summed E-state index contributed by atoms with van der Waals surface area (Å²) in [5, 5.41) is 9.08. The van der Waals surface area contributed by atoms with Gasteiger partial charge < -0.3 is 19.1 Å². The van der Waals surface area contributed by atoms with Gasteiger partial charge in [-0.05, 0) is 56.5 Å². The van der Waals surface area contributed by atoms with Gasteiger partial charge >= 0.3 is 0 Å². The van der Waals surface area contributed by atoms with Crippen LogP contribution in [0.3, 0.4) is 0 Å². The van der Waals surface area contributed by atoms with Crippen LogP contribution in [-0.2, 0) is 9.47 Å². The number of hydrogen-bond donors (Lipinski definition) is 0. The molecule has 4 fully saturated rings. The van der Waals surface area contributed by atoms with Crippen LogP contribution in [0.15, 0.2) is 23.7 Å². The first-order chi connectivity index (χ1) is 15.2. The second kappa shape index (κ2) is 7.95. The third-order valence-electron chi connectivity index (χ3n) is 7.13. The Morgan fingerprint density at radius 1 is 1.16 bits per heavy atom. The maximum Gasteiger partial charge on any atom is 0.208 e. The van der Waals surface area contributed by atoms with Crippen LogP contribution in [0.1, 0.15) is 30.7 Å². The summed E-state index contributed by atoms with van der Waals surface area (Å²) in [6, 6.07) is 5.41. The maximum atomic E-state index is 14.0. The van der Waals surface area contributed by atoms with E-state index >= 15 is 0 Å². The lowest BCUT2D eigenvalue weighted by Gasteiger charge is -2.47. The summed E-state index contributed by atoms with van der Waals surface area (Å²) in [6.07, 6.45) is 3.20. The van der Waals surface area contributed by atoms with Crippen molar-refractivity contribution in [3.8, 4) is 5.75 Å². The smallest absolute Gasteiger partial charge is 0.208 e. The predicted octanol–water partition coefficient (Wildman–Crippen LogP) is 2.68. The largest absolute Gasteiger partial charge is 0.485 e. The van der Waals surface area contributed by atoms with E-state index in [1.807, 2.05) is 0 Å². The molecule has 0 saturated carbocycles. The maximum absolute atomic E-state index is 14.0. The zero-order valence-electron chi connectivity index (χ0n) is 17.4. The summed E-state index contributed by atoms with van der Waals surface area (Å²) in [5.41, 5.74) is 2.76. The minimum atomic E-state index is -0.189. The van der Waals surface area contributed by atoms with Gasteiger partial charge in [0, 0.05) is 11.6 Å². The van der Waals surface area contributed by atoms with E-state index in [2.05, 4.69) is 20.0 Å². The Morgan fingerprint density at radius 2 is 2.00 bits per heavy atom. The number of anilines is 1. The molecule has 0 amide bonds. The first-order valence-corrected chi connectivity index (χ1v) is 12.0. The number of likely N-dealkylation sites (tertiary alicyclic amines) is 1. The lowest BCUT2D eigenvalue weighted by Crippen LogP contribution is -2.62. The number of nitrogens with zero attached hydrogens (tertiary/aromatic N) is 4. The van der Waals surface area contributed by atoms with E-state index in [1.54, 1.807) is 29.0 Å². The number of hydrogen-bond acceptors (Lipinski definition) is 8. The molecular weight excluding hydrogens is 419 g/mol. The molecule has 5 heterocycles. The summed E-state index contributed by atoms with van der Waals surface area (Å²) in [6.45, 7) is 5.87. The van der Waals surface area contributed by atoms with Crippen molar-refractivity contribution >= 4 is 16.5 Å². The Morgan fingerprint density at radius 3 is 2.71 bits per heavy atom. The number of benzene rings is 1. The van der Waals surface area contributed by atoms with Crippen LogP contribution < -0.4 is 9.64 Å². The molecule has 4 aliphatic rings.